The molecule has 3 aromatic rings. The average molecular weight is 482 g/mol. The van der Waals surface area contributed by atoms with Crippen LogP contribution in [0.4, 0.5) is 4.39 Å². The maximum atomic E-state index is 13.4. The van der Waals surface area contributed by atoms with Crippen LogP contribution >= 0.6 is 0 Å². The van der Waals surface area contributed by atoms with Gasteiger partial charge in [-0.25, -0.2) is 17.5 Å². The van der Waals surface area contributed by atoms with E-state index in [1.165, 1.54) is 23.5 Å². The molecule has 176 valence electrons. The van der Waals surface area contributed by atoms with Gasteiger partial charge < -0.3 is 4.74 Å². The number of nitrogens with zero attached hydrogens (tertiary/aromatic N) is 3. The molecule has 1 aromatic heterocycles. The number of hydrogen-bond donors (Lipinski definition) is 0. The number of hydrogen-bond acceptors (Lipinski definition) is 5. The lowest BCUT2D eigenvalue weighted by atomic mass is 9.69. The summed E-state index contributed by atoms with van der Waals surface area (Å²) in [6.07, 6.45) is 4.22. The van der Waals surface area contributed by atoms with Crippen molar-refractivity contribution in [3.05, 3.63) is 82.9 Å². The van der Waals surface area contributed by atoms with Crippen LogP contribution in [0.3, 0.4) is 0 Å². The minimum Gasteiger partial charge on any atom is -0.468 e. The number of aryl methyl sites for hydroxylation is 1. The summed E-state index contributed by atoms with van der Waals surface area (Å²) >= 11 is 0. The molecule has 1 saturated heterocycles. The molecule has 0 N–H and O–H groups in total. The fourth-order valence-corrected chi connectivity index (χ4v) is 6.33. The Morgan fingerprint density at radius 1 is 1.12 bits per heavy atom. The summed E-state index contributed by atoms with van der Waals surface area (Å²) < 4.78 is 48.5. The molecule has 1 aliphatic carbocycles. The van der Waals surface area contributed by atoms with Crippen LogP contribution in [0.5, 0.6) is 0 Å². The summed E-state index contributed by atoms with van der Waals surface area (Å²) in [6.45, 7) is 2.13. The molecular formula is C25H24FN3O4S. The molecule has 0 saturated carbocycles. The first-order valence-corrected chi connectivity index (χ1v) is 12.4. The number of piperidine rings is 1. The van der Waals surface area contributed by atoms with Crippen molar-refractivity contribution in [1.29, 1.82) is 0 Å². The SMILES string of the molecule is COC(=O)[C@]12Cc3cnn(-c4ccc(F)cc4)c3C=C1CCN(S(=O)(=O)c1ccc(C)cc1)C2. The summed E-state index contributed by atoms with van der Waals surface area (Å²) in [6, 6.07) is 12.7. The molecule has 9 heteroatoms. The molecule has 5 rings (SSSR count). The first-order valence-electron chi connectivity index (χ1n) is 10.9. The Morgan fingerprint density at radius 2 is 1.82 bits per heavy atom. The highest BCUT2D eigenvalue weighted by Crippen LogP contribution is 2.46. The quantitative estimate of drug-likeness (QED) is 0.533. The predicted octanol–water partition coefficient (Wildman–Crippen LogP) is 3.51. The van der Waals surface area contributed by atoms with E-state index in [9.17, 15) is 17.6 Å². The molecule has 7 nitrogen and oxygen atoms in total. The van der Waals surface area contributed by atoms with Gasteiger partial charge in [0.2, 0.25) is 10.0 Å². The van der Waals surface area contributed by atoms with Crippen LogP contribution in [0.2, 0.25) is 0 Å². The maximum Gasteiger partial charge on any atom is 0.317 e. The third-order valence-electron chi connectivity index (χ3n) is 6.69. The standard InChI is InChI=1S/C25H24FN3O4S/c1-17-3-9-22(10-4-17)34(31,32)28-12-11-19-13-23-18(14-25(19,16-28)24(30)33-2)15-27-29(23)21-7-5-20(26)6-8-21/h3-10,13,15H,11-12,14,16H2,1-2H3/t25-/m0/s1. The van der Waals surface area contributed by atoms with E-state index in [4.69, 9.17) is 4.74 Å². The van der Waals surface area contributed by atoms with Crippen LogP contribution in [0.15, 0.2) is 65.2 Å². The third-order valence-corrected chi connectivity index (χ3v) is 8.55. The van der Waals surface area contributed by atoms with Gasteiger partial charge in [-0.2, -0.15) is 9.40 Å². The Hall–Kier alpha value is -3.30. The fraction of sp³-hybridized carbons (Fsp3) is 0.280. The minimum atomic E-state index is -3.79. The Labute approximate surface area is 197 Å². The smallest absolute Gasteiger partial charge is 0.317 e. The Morgan fingerprint density at radius 3 is 2.50 bits per heavy atom. The molecule has 2 aromatic carbocycles. The van der Waals surface area contributed by atoms with Crippen LogP contribution < -0.4 is 0 Å². The number of sulfonamides is 1. The molecule has 0 spiro atoms. The maximum absolute atomic E-state index is 13.4. The number of esters is 1. The molecule has 0 bridgehead atoms. The van der Waals surface area contributed by atoms with Crippen molar-refractivity contribution >= 4 is 22.1 Å². The lowest BCUT2D eigenvalue weighted by Gasteiger charge is -2.43. The molecule has 34 heavy (non-hydrogen) atoms. The fourth-order valence-electron chi connectivity index (χ4n) is 4.83. The van der Waals surface area contributed by atoms with E-state index in [-0.39, 0.29) is 30.2 Å². The second-order valence-electron chi connectivity index (χ2n) is 8.76. The Balaban J connectivity index is 1.54. The zero-order chi connectivity index (χ0) is 24.1. The van der Waals surface area contributed by atoms with Crippen molar-refractivity contribution in [3.63, 3.8) is 0 Å². The zero-order valence-electron chi connectivity index (χ0n) is 18.9. The third kappa shape index (κ3) is 3.56. The van der Waals surface area contributed by atoms with Gasteiger partial charge in [0.25, 0.3) is 0 Å². The van der Waals surface area contributed by atoms with Gasteiger partial charge in [-0.1, -0.05) is 17.7 Å². The van der Waals surface area contributed by atoms with Crippen molar-refractivity contribution in [2.45, 2.75) is 24.7 Å². The van der Waals surface area contributed by atoms with Crippen molar-refractivity contribution in [1.82, 2.24) is 14.1 Å². The Bertz CT molecular complexity index is 1390. The van der Waals surface area contributed by atoms with Crippen LogP contribution in [0, 0.1) is 18.2 Å². The van der Waals surface area contributed by atoms with Crippen molar-refractivity contribution < 1.29 is 22.3 Å². The van der Waals surface area contributed by atoms with Gasteiger partial charge in [0.15, 0.2) is 0 Å². The molecule has 0 amide bonds. The lowest BCUT2D eigenvalue weighted by molar-refractivity contribution is -0.151. The normalized spacial score (nSPS) is 20.3. The van der Waals surface area contributed by atoms with E-state index in [1.54, 1.807) is 47.3 Å². The van der Waals surface area contributed by atoms with Gasteiger partial charge in [-0.15, -0.1) is 0 Å². The van der Waals surface area contributed by atoms with Gasteiger partial charge >= 0.3 is 5.97 Å². The number of halogens is 1. The first-order chi connectivity index (χ1) is 16.2. The molecule has 1 fully saturated rings. The summed E-state index contributed by atoms with van der Waals surface area (Å²) in [5, 5.41) is 4.46. The number of fused-ring (bicyclic) bond motifs is 2. The van der Waals surface area contributed by atoms with Crippen LogP contribution in [0.1, 0.15) is 23.2 Å². The van der Waals surface area contributed by atoms with Crippen LogP contribution in [-0.4, -0.2) is 48.7 Å². The molecule has 1 aliphatic heterocycles. The summed E-state index contributed by atoms with van der Waals surface area (Å²) in [5.41, 5.74) is 2.94. The minimum absolute atomic E-state index is 0.0110. The molecule has 0 unspecified atom stereocenters. The number of methoxy groups -OCH3 is 1. The molecule has 2 aliphatic rings. The van der Waals surface area contributed by atoms with Crippen molar-refractivity contribution in [3.8, 4) is 5.69 Å². The highest BCUT2D eigenvalue weighted by Gasteiger charge is 2.51. The Kier molecular flexibility index (Phi) is 5.41. The lowest BCUT2D eigenvalue weighted by Crippen LogP contribution is -2.53. The van der Waals surface area contributed by atoms with Crippen molar-refractivity contribution in [2.75, 3.05) is 20.2 Å². The second kappa shape index (κ2) is 8.18. The topological polar surface area (TPSA) is 81.5 Å². The van der Waals surface area contributed by atoms with E-state index in [0.29, 0.717) is 12.1 Å². The van der Waals surface area contributed by atoms with Crippen molar-refractivity contribution in [2.24, 2.45) is 5.41 Å². The zero-order valence-corrected chi connectivity index (χ0v) is 19.7. The number of aromatic nitrogens is 2. The number of carbonyl (C=O) groups excluding carboxylic acids is 1. The number of benzene rings is 2. The van der Waals surface area contributed by atoms with Gasteiger partial charge in [-0.05, 0) is 73.4 Å². The summed E-state index contributed by atoms with van der Waals surface area (Å²) in [4.78, 5) is 13.3. The highest BCUT2D eigenvalue weighted by molar-refractivity contribution is 7.89. The molecule has 0 radical (unpaired) electrons. The van der Waals surface area contributed by atoms with E-state index in [0.717, 1.165) is 22.4 Å². The van der Waals surface area contributed by atoms with Crippen LogP contribution in [-0.2, 0) is 26.0 Å². The average Bonchev–Trinajstić information content (AvgIpc) is 3.24. The van der Waals surface area contributed by atoms with Gasteiger partial charge in [0.1, 0.15) is 11.2 Å². The number of ether oxygens (including phenoxy) is 1. The van der Waals surface area contributed by atoms with Gasteiger partial charge in [-0.3, -0.25) is 4.79 Å². The largest absolute Gasteiger partial charge is 0.468 e. The molecular weight excluding hydrogens is 457 g/mol. The summed E-state index contributed by atoms with van der Waals surface area (Å²) in [5.74, 6) is -0.808. The number of carbonyl (C=O) groups is 1. The van der Waals surface area contributed by atoms with E-state index in [2.05, 4.69) is 5.10 Å². The van der Waals surface area contributed by atoms with Crippen LogP contribution in [0.25, 0.3) is 11.8 Å². The molecule has 1 atom stereocenters. The number of rotatable bonds is 4. The van der Waals surface area contributed by atoms with E-state index < -0.39 is 21.4 Å². The predicted molar refractivity (Wildman–Crippen MR) is 124 cm³/mol. The highest BCUT2D eigenvalue weighted by atomic mass is 32.2. The van der Waals surface area contributed by atoms with Gasteiger partial charge in [0, 0.05) is 13.1 Å². The van der Waals surface area contributed by atoms with Gasteiger partial charge in [0.05, 0.1) is 29.6 Å². The first kappa shape index (κ1) is 22.5. The van der Waals surface area contributed by atoms with E-state index >= 15 is 0 Å². The monoisotopic (exact) mass is 481 g/mol. The summed E-state index contributed by atoms with van der Waals surface area (Å²) in [7, 11) is -2.47. The second-order valence-corrected chi connectivity index (χ2v) is 10.7. The molecule has 2 heterocycles. The van der Waals surface area contributed by atoms with E-state index in [1.807, 2.05) is 13.0 Å².